The molecule has 0 radical (unpaired) electrons. The van der Waals surface area contributed by atoms with Gasteiger partial charge in [-0.15, -0.1) is 24.0 Å². The van der Waals surface area contributed by atoms with E-state index in [2.05, 4.69) is 34.4 Å². The summed E-state index contributed by atoms with van der Waals surface area (Å²) in [6, 6.07) is 8.19. The third-order valence-electron chi connectivity index (χ3n) is 2.80. The molecule has 2 rings (SSSR count). The van der Waals surface area contributed by atoms with Crippen LogP contribution < -0.4 is 10.1 Å². The van der Waals surface area contributed by atoms with E-state index in [4.69, 9.17) is 4.74 Å². The average molecular weight is 375 g/mol. The van der Waals surface area contributed by atoms with Crippen molar-refractivity contribution >= 4 is 29.9 Å². The van der Waals surface area contributed by atoms with Gasteiger partial charge in [-0.2, -0.15) is 0 Å². The normalized spacial score (nSPS) is 14.1. The number of likely N-dealkylation sites (N-methyl/N-ethyl adjacent to an activating group) is 1. The highest BCUT2D eigenvalue weighted by Gasteiger charge is 2.11. The van der Waals surface area contributed by atoms with E-state index in [9.17, 15) is 0 Å². The second-order valence-electron chi connectivity index (χ2n) is 4.79. The van der Waals surface area contributed by atoms with E-state index < -0.39 is 0 Å². The fourth-order valence-electron chi connectivity index (χ4n) is 1.86. The summed E-state index contributed by atoms with van der Waals surface area (Å²) in [6.45, 7) is 6.75. The van der Waals surface area contributed by atoms with E-state index in [-0.39, 0.29) is 30.1 Å². The van der Waals surface area contributed by atoms with E-state index in [1.807, 2.05) is 26.0 Å². The van der Waals surface area contributed by atoms with Gasteiger partial charge in [-0.1, -0.05) is 12.1 Å². The highest BCUT2D eigenvalue weighted by atomic mass is 127. The third-order valence-corrected chi connectivity index (χ3v) is 2.80. The highest BCUT2D eigenvalue weighted by Crippen LogP contribution is 2.13. The van der Waals surface area contributed by atoms with Gasteiger partial charge in [0.05, 0.1) is 12.6 Å². The molecule has 1 N–H and O–H groups in total. The van der Waals surface area contributed by atoms with Crippen molar-refractivity contribution in [2.45, 2.75) is 26.5 Å². The van der Waals surface area contributed by atoms with Gasteiger partial charge in [0.15, 0.2) is 5.96 Å². The number of nitrogens with zero attached hydrogens (tertiary/aromatic N) is 2. The molecule has 1 aliphatic heterocycles. The molecule has 5 heteroatoms. The van der Waals surface area contributed by atoms with E-state index in [0.717, 1.165) is 31.3 Å². The molecule has 0 atom stereocenters. The van der Waals surface area contributed by atoms with Crippen LogP contribution in [-0.2, 0) is 6.54 Å². The number of ether oxygens (including phenoxy) is 1. The van der Waals surface area contributed by atoms with E-state index >= 15 is 0 Å². The minimum absolute atomic E-state index is 0. The molecule has 0 spiro atoms. The Bertz CT molecular complexity index is 417. The van der Waals surface area contributed by atoms with Crippen LogP contribution in [0.1, 0.15) is 19.4 Å². The quantitative estimate of drug-likeness (QED) is 0.822. The lowest BCUT2D eigenvalue weighted by Gasteiger charge is -2.15. The van der Waals surface area contributed by atoms with Crippen LogP contribution in [0, 0.1) is 0 Å². The topological polar surface area (TPSA) is 36.9 Å². The van der Waals surface area contributed by atoms with Crippen LogP contribution in [0.4, 0.5) is 0 Å². The van der Waals surface area contributed by atoms with E-state index in [1.54, 1.807) is 0 Å². The summed E-state index contributed by atoms with van der Waals surface area (Å²) in [6.07, 6.45) is 0.218. The largest absolute Gasteiger partial charge is 0.491 e. The Hall–Kier alpha value is -0.980. The van der Waals surface area contributed by atoms with Crippen molar-refractivity contribution in [1.29, 1.82) is 0 Å². The van der Waals surface area contributed by atoms with Gasteiger partial charge in [-0.3, -0.25) is 4.99 Å². The van der Waals surface area contributed by atoms with Gasteiger partial charge >= 0.3 is 0 Å². The van der Waals surface area contributed by atoms with Crippen LogP contribution in [0.25, 0.3) is 0 Å². The maximum Gasteiger partial charge on any atom is 0.194 e. The number of guanidine groups is 1. The first-order valence-corrected chi connectivity index (χ1v) is 6.40. The summed E-state index contributed by atoms with van der Waals surface area (Å²) < 4.78 is 5.61. The molecule has 0 aromatic heterocycles. The number of nitrogens with one attached hydrogen (secondary N) is 1. The predicted molar refractivity (Wildman–Crippen MR) is 89.4 cm³/mol. The minimum atomic E-state index is 0. The molecule has 0 bridgehead atoms. The fraction of sp³-hybridized carbons (Fsp3) is 0.500. The van der Waals surface area contributed by atoms with Crippen molar-refractivity contribution < 1.29 is 4.74 Å². The van der Waals surface area contributed by atoms with E-state index in [0.29, 0.717) is 0 Å². The van der Waals surface area contributed by atoms with Crippen molar-refractivity contribution in [3.8, 4) is 5.75 Å². The number of halogens is 1. The molecule has 106 valence electrons. The van der Waals surface area contributed by atoms with E-state index in [1.165, 1.54) is 5.56 Å². The van der Waals surface area contributed by atoms with Crippen molar-refractivity contribution in [3.05, 3.63) is 29.8 Å². The fourth-order valence-corrected chi connectivity index (χ4v) is 1.86. The number of hydrogen-bond acceptors (Lipinski definition) is 4. The Balaban J connectivity index is 0.00000180. The zero-order chi connectivity index (χ0) is 13.0. The summed E-state index contributed by atoms with van der Waals surface area (Å²) >= 11 is 0. The van der Waals surface area contributed by atoms with Gasteiger partial charge in [0.1, 0.15) is 5.75 Å². The van der Waals surface area contributed by atoms with Crippen LogP contribution in [0.5, 0.6) is 5.75 Å². The van der Waals surface area contributed by atoms with Crippen LogP contribution in [0.3, 0.4) is 0 Å². The van der Waals surface area contributed by atoms with Crippen LogP contribution >= 0.6 is 24.0 Å². The Morgan fingerprint density at radius 3 is 2.53 bits per heavy atom. The first-order chi connectivity index (χ1) is 8.65. The second kappa shape index (κ2) is 7.57. The molecular weight excluding hydrogens is 353 g/mol. The van der Waals surface area contributed by atoms with Crippen molar-refractivity contribution in [3.63, 3.8) is 0 Å². The first kappa shape index (κ1) is 16.1. The van der Waals surface area contributed by atoms with Gasteiger partial charge in [-0.05, 0) is 31.5 Å². The Morgan fingerprint density at radius 1 is 1.32 bits per heavy atom. The van der Waals surface area contributed by atoms with Gasteiger partial charge in [0, 0.05) is 20.1 Å². The molecule has 19 heavy (non-hydrogen) atoms. The van der Waals surface area contributed by atoms with Crippen LogP contribution in [0.15, 0.2) is 29.3 Å². The Labute approximate surface area is 132 Å². The van der Waals surface area contributed by atoms with Gasteiger partial charge in [-0.25, -0.2) is 0 Å². The zero-order valence-electron chi connectivity index (χ0n) is 11.7. The smallest absolute Gasteiger partial charge is 0.194 e. The molecule has 1 aromatic rings. The maximum atomic E-state index is 5.61. The lowest BCUT2D eigenvalue weighted by atomic mass is 10.2. The Kier molecular flexibility index (Phi) is 6.41. The van der Waals surface area contributed by atoms with Crippen molar-refractivity contribution in [2.24, 2.45) is 4.99 Å². The number of aliphatic imine (C=N–C) groups is 1. The number of rotatable bonds is 4. The van der Waals surface area contributed by atoms with Gasteiger partial charge < -0.3 is 15.0 Å². The molecule has 0 unspecified atom stereocenters. The van der Waals surface area contributed by atoms with Gasteiger partial charge in [0.2, 0.25) is 0 Å². The first-order valence-electron chi connectivity index (χ1n) is 6.40. The number of hydrogen-bond donors (Lipinski definition) is 1. The van der Waals surface area contributed by atoms with Crippen LogP contribution in [-0.4, -0.2) is 37.1 Å². The summed E-state index contributed by atoms with van der Waals surface area (Å²) in [4.78, 5) is 6.53. The molecule has 1 aliphatic rings. The van der Waals surface area contributed by atoms with Crippen molar-refractivity contribution in [1.82, 2.24) is 10.2 Å². The molecule has 0 aliphatic carbocycles. The highest BCUT2D eigenvalue weighted by molar-refractivity contribution is 14.0. The molecular formula is C14H22IN3O. The lowest BCUT2D eigenvalue weighted by molar-refractivity contribution is 0.242. The molecule has 0 fully saturated rings. The summed E-state index contributed by atoms with van der Waals surface area (Å²) in [5.41, 5.74) is 1.23. The standard InChI is InChI=1S/C14H21N3O.HI/c1-11(2)18-13-6-4-12(5-7-13)10-16-14-15-8-9-17(14)3;/h4-7,11H,8-10H2,1-3H3,(H,15,16);1H. The second-order valence-corrected chi connectivity index (χ2v) is 4.79. The summed E-state index contributed by atoms with van der Waals surface area (Å²) in [5.74, 6) is 1.90. The van der Waals surface area contributed by atoms with Gasteiger partial charge in [0.25, 0.3) is 0 Å². The predicted octanol–water partition coefficient (Wildman–Crippen LogP) is 2.48. The Morgan fingerprint density at radius 2 is 2.00 bits per heavy atom. The summed E-state index contributed by atoms with van der Waals surface area (Å²) in [7, 11) is 2.05. The third kappa shape index (κ3) is 4.89. The average Bonchev–Trinajstić information content (AvgIpc) is 2.73. The monoisotopic (exact) mass is 375 g/mol. The lowest BCUT2D eigenvalue weighted by Crippen LogP contribution is -2.35. The molecule has 1 heterocycles. The molecule has 0 amide bonds. The molecule has 0 saturated heterocycles. The summed E-state index contributed by atoms with van der Waals surface area (Å²) in [5, 5.41) is 3.34. The zero-order valence-corrected chi connectivity index (χ0v) is 14.0. The molecule has 4 nitrogen and oxygen atoms in total. The molecule has 0 saturated carbocycles. The minimum Gasteiger partial charge on any atom is -0.491 e. The SMILES string of the molecule is CC(C)Oc1ccc(CNC2=NCCN2C)cc1.I. The maximum absolute atomic E-state index is 5.61. The number of benzene rings is 1. The molecule has 1 aromatic carbocycles. The van der Waals surface area contributed by atoms with Crippen LogP contribution in [0.2, 0.25) is 0 Å². The van der Waals surface area contributed by atoms with Crippen molar-refractivity contribution in [2.75, 3.05) is 20.1 Å².